The average molecular weight is 664 g/mol. The van der Waals surface area contributed by atoms with Gasteiger partial charge in [-0.05, 0) is 97.7 Å². The first-order valence-corrected chi connectivity index (χ1v) is 15.9. The predicted octanol–water partition coefficient (Wildman–Crippen LogP) is 6.58. The summed E-state index contributed by atoms with van der Waals surface area (Å²) >= 11 is 0. The van der Waals surface area contributed by atoms with Crippen LogP contribution >= 0.6 is 0 Å². The van der Waals surface area contributed by atoms with Gasteiger partial charge < -0.3 is 9.47 Å². The van der Waals surface area contributed by atoms with Gasteiger partial charge in [0.05, 0.1) is 29.3 Å². The van der Waals surface area contributed by atoms with E-state index in [2.05, 4.69) is 21.0 Å². The highest BCUT2D eigenvalue weighted by atomic mass is 16.5. The van der Waals surface area contributed by atoms with Gasteiger partial charge in [-0.2, -0.15) is 5.26 Å². The molecule has 0 atom stereocenters. The molecule has 5 rings (SSSR count). The highest BCUT2D eigenvalue weighted by Gasteiger charge is 2.21. The summed E-state index contributed by atoms with van der Waals surface area (Å²) in [6.07, 6.45) is 0. The van der Waals surface area contributed by atoms with Gasteiger partial charge in [-0.1, -0.05) is 58.0 Å². The summed E-state index contributed by atoms with van der Waals surface area (Å²) in [6.45, 7) is 15.4. The Morgan fingerprint density at radius 2 is 1.20 bits per heavy atom. The fourth-order valence-corrected chi connectivity index (χ4v) is 5.56. The Morgan fingerprint density at radius 1 is 0.694 bits per heavy atom. The van der Waals surface area contributed by atoms with Crippen molar-refractivity contribution >= 4 is 0 Å². The molecule has 0 saturated heterocycles. The van der Waals surface area contributed by atoms with Crippen molar-refractivity contribution in [1.29, 1.82) is 5.26 Å². The van der Waals surface area contributed by atoms with E-state index in [1.807, 2.05) is 91.8 Å². The summed E-state index contributed by atoms with van der Waals surface area (Å²) in [4.78, 5) is 55.7. The highest BCUT2D eigenvalue weighted by Crippen LogP contribution is 2.29. The molecule has 0 aliphatic carbocycles. The maximum atomic E-state index is 12.7. The summed E-state index contributed by atoms with van der Waals surface area (Å²) in [5, 5.41) is 9.39. The molecule has 254 valence electrons. The number of rotatable bonds is 8. The summed E-state index contributed by atoms with van der Waals surface area (Å²) in [6, 6.07) is 20.7. The van der Waals surface area contributed by atoms with Gasteiger partial charge >= 0.3 is 11.4 Å². The second kappa shape index (κ2) is 15.3. The molecule has 0 amide bonds. The summed E-state index contributed by atoms with van der Waals surface area (Å²) in [7, 11) is 0. The van der Waals surface area contributed by atoms with E-state index in [9.17, 15) is 24.4 Å². The van der Waals surface area contributed by atoms with E-state index in [0.29, 0.717) is 33.8 Å². The van der Waals surface area contributed by atoms with E-state index in [4.69, 9.17) is 9.47 Å². The first-order chi connectivity index (χ1) is 23.2. The molecule has 0 saturated carbocycles. The highest BCUT2D eigenvalue weighted by molar-refractivity contribution is 5.41. The first-order valence-electron chi connectivity index (χ1n) is 15.9. The summed E-state index contributed by atoms with van der Waals surface area (Å²) in [5.74, 6) is 1.34. The van der Waals surface area contributed by atoms with Crippen LogP contribution < -0.4 is 32.0 Å². The van der Waals surface area contributed by atoms with Crippen LogP contribution in [0.3, 0.4) is 0 Å². The Bertz CT molecular complexity index is 2230. The second-order valence-corrected chi connectivity index (χ2v) is 12.6. The predicted molar refractivity (Wildman–Crippen MR) is 189 cm³/mol. The molecule has 0 bridgehead atoms. The largest absolute Gasteiger partial charge is 0.440 e. The number of hydrogen-bond acceptors (Lipinski definition) is 7. The van der Waals surface area contributed by atoms with Gasteiger partial charge in [0.2, 0.25) is 11.8 Å². The Balaban J connectivity index is 0.000000237. The molecule has 0 aliphatic rings. The Kier molecular flexibility index (Phi) is 11.3. The smallest absolute Gasteiger partial charge is 0.331 e. The van der Waals surface area contributed by atoms with Crippen LogP contribution in [0.2, 0.25) is 0 Å². The lowest BCUT2D eigenvalue weighted by Gasteiger charge is -2.19. The normalized spacial score (nSPS) is 10.8. The van der Waals surface area contributed by atoms with Gasteiger partial charge in [0, 0.05) is 0 Å². The number of aromatic amines is 3. The molecular formula is C38H41N5O6. The fraction of sp³-hybridized carbons (Fsp3) is 0.289. The van der Waals surface area contributed by atoms with E-state index in [-0.39, 0.29) is 30.1 Å². The van der Waals surface area contributed by atoms with E-state index in [1.165, 1.54) is 4.57 Å². The van der Waals surface area contributed by atoms with Crippen LogP contribution in [0.1, 0.15) is 84.0 Å². The molecule has 3 aromatic carbocycles. The van der Waals surface area contributed by atoms with Crippen LogP contribution in [0.5, 0.6) is 23.3 Å². The van der Waals surface area contributed by atoms with Crippen LogP contribution in [-0.2, 0) is 6.54 Å². The lowest BCUT2D eigenvalue weighted by Crippen LogP contribution is -2.34. The number of hydrogen-bond donors (Lipinski definition) is 3. The lowest BCUT2D eigenvalue weighted by molar-refractivity contribution is 0.410. The molecule has 0 radical (unpaired) electrons. The van der Waals surface area contributed by atoms with Gasteiger partial charge in [0.25, 0.3) is 11.1 Å². The molecule has 3 N–H and O–H groups in total. The van der Waals surface area contributed by atoms with Crippen molar-refractivity contribution in [2.45, 2.75) is 73.8 Å². The number of aromatic nitrogens is 4. The minimum absolute atomic E-state index is 0.0588. The zero-order chi connectivity index (χ0) is 36.0. The molecule has 11 nitrogen and oxygen atoms in total. The molecule has 0 fully saturated rings. The Labute approximate surface area is 283 Å². The molecule has 49 heavy (non-hydrogen) atoms. The molecule has 11 heteroatoms. The van der Waals surface area contributed by atoms with E-state index < -0.39 is 22.5 Å². The van der Waals surface area contributed by atoms with Crippen molar-refractivity contribution in [2.24, 2.45) is 0 Å². The first kappa shape index (κ1) is 36.0. The van der Waals surface area contributed by atoms with Gasteiger partial charge in [-0.15, -0.1) is 0 Å². The summed E-state index contributed by atoms with van der Waals surface area (Å²) in [5.41, 5.74) is 4.07. The van der Waals surface area contributed by atoms with Gasteiger partial charge in [0.15, 0.2) is 0 Å². The van der Waals surface area contributed by atoms with Crippen LogP contribution in [0.15, 0.2) is 79.8 Å². The second-order valence-electron chi connectivity index (χ2n) is 12.6. The zero-order valence-corrected chi connectivity index (χ0v) is 29.0. The molecular weight excluding hydrogens is 622 g/mol. The van der Waals surface area contributed by atoms with Crippen molar-refractivity contribution in [3.05, 3.63) is 147 Å². The summed E-state index contributed by atoms with van der Waals surface area (Å²) < 4.78 is 13.2. The van der Waals surface area contributed by atoms with Crippen molar-refractivity contribution < 1.29 is 9.47 Å². The quantitative estimate of drug-likeness (QED) is 0.169. The Morgan fingerprint density at radius 3 is 1.73 bits per heavy atom. The third-order valence-electron chi connectivity index (χ3n) is 7.57. The van der Waals surface area contributed by atoms with Crippen molar-refractivity contribution in [2.75, 3.05) is 0 Å². The van der Waals surface area contributed by atoms with Gasteiger partial charge in [0.1, 0.15) is 11.5 Å². The van der Waals surface area contributed by atoms with Crippen LogP contribution in [0.4, 0.5) is 0 Å². The molecule has 2 aromatic heterocycles. The fourth-order valence-electron chi connectivity index (χ4n) is 5.56. The molecule has 2 heterocycles. The van der Waals surface area contributed by atoms with E-state index in [1.54, 1.807) is 24.3 Å². The van der Waals surface area contributed by atoms with E-state index >= 15 is 0 Å². The average Bonchev–Trinajstić information content (AvgIpc) is 2.97. The van der Waals surface area contributed by atoms with Crippen molar-refractivity contribution in [1.82, 2.24) is 19.5 Å². The number of nitriles is 1. The van der Waals surface area contributed by atoms with E-state index in [0.717, 1.165) is 22.3 Å². The minimum atomic E-state index is -0.577. The number of benzene rings is 3. The standard InChI is InChI=1S/C23H23N3O3.C15H18N2O3/c1-14(2)20-21(27)25-23(28)26(13-18-8-6-5-7-17(18)12-24)22(20)29-19-10-15(3)9-16(4)11-19;1-8(2)12-13(18)16-15(19)17-14(12)20-11-6-9(3)5-10(4)7-11/h5-11,14H,13H2,1-4H3,(H,25,27,28);5-8H,1-4H3,(H2,16,17,18,19). The maximum Gasteiger partial charge on any atom is 0.331 e. The topological polar surface area (TPSA) is 163 Å². The number of nitrogens with zero attached hydrogens (tertiary/aromatic N) is 2. The third-order valence-corrected chi connectivity index (χ3v) is 7.57. The van der Waals surface area contributed by atoms with Crippen LogP contribution in [0, 0.1) is 39.0 Å². The zero-order valence-electron chi connectivity index (χ0n) is 29.0. The Hall–Kier alpha value is -5.89. The number of H-pyrrole nitrogens is 3. The molecule has 0 aliphatic heterocycles. The number of ether oxygens (including phenoxy) is 2. The molecule has 5 aromatic rings. The SMILES string of the molecule is Cc1cc(C)cc(Oc2[nH]c(=O)[nH]c(=O)c2C(C)C)c1.Cc1cc(C)cc(Oc2c(C(C)C)c(=O)[nH]c(=O)n2Cc2ccccc2C#N)c1. The van der Waals surface area contributed by atoms with Gasteiger partial charge in [-0.3, -0.25) is 29.1 Å². The maximum absolute atomic E-state index is 12.7. The van der Waals surface area contributed by atoms with Crippen molar-refractivity contribution in [3.63, 3.8) is 0 Å². The number of nitrogens with one attached hydrogen (secondary N) is 3. The minimum Gasteiger partial charge on any atom is -0.440 e. The molecule has 0 spiro atoms. The van der Waals surface area contributed by atoms with Crippen LogP contribution in [-0.4, -0.2) is 19.5 Å². The number of aryl methyl sites for hydroxylation is 4. The monoisotopic (exact) mass is 663 g/mol. The van der Waals surface area contributed by atoms with Gasteiger partial charge in [-0.25, -0.2) is 9.59 Å². The van der Waals surface area contributed by atoms with Crippen molar-refractivity contribution in [3.8, 4) is 29.3 Å². The molecule has 0 unspecified atom stereocenters. The third kappa shape index (κ3) is 8.93. The lowest BCUT2D eigenvalue weighted by atomic mass is 10.1. The van der Waals surface area contributed by atoms with Crippen LogP contribution in [0.25, 0.3) is 0 Å².